The van der Waals surface area contributed by atoms with Crippen LogP contribution in [0.25, 0.3) is 0 Å². The van der Waals surface area contributed by atoms with E-state index in [9.17, 15) is 18.0 Å². The summed E-state index contributed by atoms with van der Waals surface area (Å²) in [6.07, 6.45) is -4.63. The Bertz CT molecular complexity index is 563. The first-order valence-corrected chi connectivity index (χ1v) is 7.66. The van der Waals surface area contributed by atoms with Gasteiger partial charge in [0, 0.05) is 25.9 Å². The molecule has 8 heteroatoms. The Morgan fingerprint density at radius 3 is 2.50 bits per heavy atom. The fourth-order valence-electron chi connectivity index (χ4n) is 2.71. The number of rotatable bonds is 6. The van der Waals surface area contributed by atoms with Crippen molar-refractivity contribution in [3.05, 3.63) is 24.3 Å². The molecule has 1 heterocycles. The van der Waals surface area contributed by atoms with Gasteiger partial charge in [0.2, 0.25) is 5.91 Å². The number of methoxy groups -OCH3 is 1. The van der Waals surface area contributed by atoms with Crippen molar-refractivity contribution in [2.75, 3.05) is 38.7 Å². The van der Waals surface area contributed by atoms with Crippen molar-refractivity contribution >= 4 is 11.6 Å². The Morgan fingerprint density at radius 2 is 2.00 bits per heavy atom. The summed E-state index contributed by atoms with van der Waals surface area (Å²) in [6.45, 7) is 2.11. The molecular weight excluding hydrogens is 325 g/mol. The third-order valence-corrected chi connectivity index (χ3v) is 4.03. The number of halogens is 3. The molecular formula is C16H21F3N2O3. The van der Waals surface area contributed by atoms with Crippen LogP contribution in [0.2, 0.25) is 0 Å². The predicted octanol–water partition coefficient (Wildman–Crippen LogP) is 2.68. The van der Waals surface area contributed by atoms with Crippen LogP contribution in [-0.2, 0) is 9.53 Å². The molecule has 0 saturated carbocycles. The lowest BCUT2D eigenvalue weighted by molar-refractivity contribution is -0.263. The van der Waals surface area contributed by atoms with E-state index in [1.54, 1.807) is 24.3 Å². The summed E-state index contributed by atoms with van der Waals surface area (Å²) in [5, 5.41) is 2.66. The first kappa shape index (κ1) is 18.5. The fraction of sp³-hybridized carbons (Fsp3) is 0.562. The molecule has 1 atom stereocenters. The van der Waals surface area contributed by atoms with Crippen molar-refractivity contribution in [3.8, 4) is 5.75 Å². The molecule has 1 N–H and O–H groups in total. The van der Waals surface area contributed by atoms with Gasteiger partial charge < -0.3 is 14.8 Å². The summed E-state index contributed by atoms with van der Waals surface area (Å²) in [5.41, 5.74) is -1.62. The molecule has 2 rings (SSSR count). The van der Waals surface area contributed by atoms with Crippen molar-refractivity contribution in [2.24, 2.45) is 0 Å². The summed E-state index contributed by atoms with van der Waals surface area (Å²) >= 11 is 0. The number of carbonyl (C=O) groups is 1. The molecule has 1 saturated heterocycles. The van der Waals surface area contributed by atoms with Crippen LogP contribution in [0.15, 0.2) is 24.3 Å². The van der Waals surface area contributed by atoms with Crippen molar-refractivity contribution < 1.29 is 27.4 Å². The zero-order valence-electron chi connectivity index (χ0n) is 13.7. The molecule has 0 aliphatic carbocycles. The lowest BCUT2D eigenvalue weighted by atomic mass is 10.0. The number of amides is 1. The molecule has 1 amide bonds. The number of hydrogen-bond acceptors (Lipinski definition) is 4. The number of ether oxygens (including phenoxy) is 2. The first-order chi connectivity index (χ1) is 11.3. The van der Waals surface area contributed by atoms with Crippen LogP contribution in [0.5, 0.6) is 5.75 Å². The maximum atomic E-state index is 13.1. The Kier molecular flexibility index (Phi) is 5.71. The van der Waals surface area contributed by atoms with Crippen LogP contribution in [-0.4, -0.2) is 55.9 Å². The average Bonchev–Trinajstić information content (AvgIpc) is 2.93. The number of alkyl halides is 3. The number of nitrogens with one attached hydrogen (secondary N) is 1. The molecule has 0 radical (unpaired) electrons. The Hall–Kier alpha value is -1.80. The minimum atomic E-state index is -4.46. The van der Waals surface area contributed by atoms with Gasteiger partial charge in [0.05, 0.1) is 13.2 Å². The van der Waals surface area contributed by atoms with Gasteiger partial charge in [-0.15, -0.1) is 0 Å². The van der Waals surface area contributed by atoms with Crippen LogP contribution in [0.1, 0.15) is 13.3 Å². The van der Waals surface area contributed by atoms with Gasteiger partial charge in [0.15, 0.2) is 5.60 Å². The van der Waals surface area contributed by atoms with E-state index in [4.69, 9.17) is 9.47 Å². The van der Waals surface area contributed by atoms with E-state index in [0.29, 0.717) is 18.0 Å². The normalized spacial score (nSPS) is 21.7. The Morgan fingerprint density at radius 1 is 1.33 bits per heavy atom. The number of hydrogen-bond donors (Lipinski definition) is 1. The van der Waals surface area contributed by atoms with Crippen molar-refractivity contribution in [1.29, 1.82) is 0 Å². The molecule has 1 aliphatic heterocycles. The zero-order chi connectivity index (χ0) is 17.8. The smallest absolute Gasteiger partial charge is 0.418 e. The molecule has 1 aromatic carbocycles. The third kappa shape index (κ3) is 4.18. The van der Waals surface area contributed by atoms with E-state index in [2.05, 4.69) is 5.32 Å². The van der Waals surface area contributed by atoms with Gasteiger partial charge in [-0.05, 0) is 37.6 Å². The maximum absolute atomic E-state index is 13.1. The summed E-state index contributed by atoms with van der Waals surface area (Å²) in [5.74, 6) is 0.318. The highest BCUT2D eigenvalue weighted by atomic mass is 19.4. The maximum Gasteiger partial charge on any atom is 0.418 e. The van der Waals surface area contributed by atoms with Gasteiger partial charge >= 0.3 is 6.18 Å². The molecule has 0 bridgehead atoms. The number of likely N-dealkylation sites (tertiary alicyclic amines) is 1. The van der Waals surface area contributed by atoms with E-state index >= 15 is 0 Å². The first-order valence-electron chi connectivity index (χ1n) is 7.66. The molecule has 0 aromatic heterocycles. The van der Waals surface area contributed by atoms with E-state index in [-0.39, 0.29) is 32.0 Å². The second kappa shape index (κ2) is 7.40. The Labute approximate surface area is 138 Å². The van der Waals surface area contributed by atoms with Gasteiger partial charge in [-0.1, -0.05) is 0 Å². The quantitative estimate of drug-likeness (QED) is 0.860. The SMILES string of the molecule is CCOc1ccc(NC(=O)CN2CCC(OC)(C(F)(F)F)C2)cc1. The van der Waals surface area contributed by atoms with E-state index in [1.807, 2.05) is 6.92 Å². The minimum absolute atomic E-state index is 0.117. The summed E-state index contributed by atoms with van der Waals surface area (Å²) < 4.78 is 49.3. The average molecular weight is 346 g/mol. The lowest BCUT2D eigenvalue weighted by Gasteiger charge is -2.30. The zero-order valence-corrected chi connectivity index (χ0v) is 13.7. The second-order valence-corrected chi connectivity index (χ2v) is 5.66. The van der Waals surface area contributed by atoms with Crippen molar-refractivity contribution in [1.82, 2.24) is 4.90 Å². The molecule has 1 aliphatic rings. The highest BCUT2D eigenvalue weighted by molar-refractivity contribution is 5.92. The molecule has 0 spiro atoms. The second-order valence-electron chi connectivity index (χ2n) is 5.66. The number of nitrogens with zero attached hydrogens (tertiary/aromatic N) is 1. The minimum Gasteiger partial charge on any atom is -0.494 e. The van der Waals surface area contributed by atoms with Crippen LogP contribution in [0.3, 0.4) is 0 Å². The van der Waals surface area contributed by atoms with Crippen LogP contribution >= 0.6 is 0 Å². The summed E-state index contributed by atoms with van der Waals surface area (Å²) in [7, 11) is 1.05. The van der Waals surface area contributed by atoms with E-state index < -0.39 is 11.8 Å². The molecule has 5 nitrogen and oxygen atoms in total. The summed E-state index contributed by atoms with van der Waals surface area (Å²) in [6, 6.07) is 6.80. The van der Waals surface area contributed by atoms with Crippen molar-refractivity contribution in [3.63, 3.8) is 0 Å². The standard InChI is InChI=1S/C16H21F3N2O3/c1-3-24-13-6-4-12(5-7-13)20-14(22)10-21-9-8-15(11-21,23-2)16(17,18)19/h4-7H,3,8-11H2,1-2H3,(H,20,22). The molecule has 134 valence electrons. The molecule has 1 unspecified atom stereocenters. The molecule has 1 aromatic rings. The van der Waals surface area contributed by atoms with E-state index in [1.165, 1.54) is 4.90 Å². The van der Waals surface area contributed by atoms with Gasteiger partial charge in [-0.3, -0.25) is 9.69 Å². The third-order valence-electron chi connectivity index (χ3n) is 4.03. The predicted molar refractivity (Wildman–Crippen MR) is 83.1 cm³/mol. The van der Waals surface area contributed by atoms with Crippen molar-refractivity contribution in [2.45, 2.75) is 25.1 Å². The molecule has 1 fully saturated rings. The lowest BCUT2D eigenvalue weighted by Crippen LogP contribution is -2.49. The largest absolute Gasteiger partial charge is 0.494 e. The monoisotopic (exact) mass is 346 g/mol. The Balaban J connectivity index is 1.89. The van der Waals surface area contributed by atoms with Gasteiger partial charge in [-0.25, -0.2) is 0 Å². The van der Waals surface area contributed by atoms with Gasteiger partial charge in [0.25, 0.3) is 0 Å². The fourth-order valence-corrected chi connectivity index (χ4v) is 2.71. The molecule has 24 heavy (non-hydrogen) atoms. The highest BCUT2D eigenvalue weighted by Crippen LogP contribution is 2.40. The van der Waals surface area contributed by atoms with Crippen LogP contribution in [0, 0.1) is 0 Å². The highest BCUT2D eigenvalue weighted by Gasteiger charge is 2.58. The van der Waals surface area contributed by atoms with Gasteiger partial charge in [0.1, 0.15) is 5.75 Å². The van der Waals surface area contributed by atoms with Crippen LogP contribution in [0.4, 0.5) is 18.9 Å². The van der Waals surface area contributed by atoms with Crippen LogP contribution < -0.4 is 10.1 Å². The topological polar surface area (TPSA) is 50.8 Å². The van der Waals surface area contributed by atoms with E-state index in [0.717, 1.165) is 7.11 Å². The number of carbonyl (C=O) groups excluding carboxylic acids is 1. The number of benzene rings is 1. The summed E-state index contributed by atoms with van der Waals surface area (Å²) in [4.78, 5) is 13.5. The number of anilines is 1. The van der Waals surface area contributed by atoms with Gasteiger partial charge in [-0.2, -0.15) is 13.2 Å².